The summed E-state index contributed by atoms with van der Waals surface area (Å²) < 4.78 is 4.11. The SMILES string of the molecule is C=CCCC.COC(C)=O. The van der Waals surface area contributed by atoms with Crippen molar-refractivity contribution in [3.63, 3.8) is 0 Å². The van der Waals surface area contributed by atoms with Crippen molar-refractivity contribution in [2.75, 3.05) is 7.11 Å². The standard InChI is InChI=1S/C5H10.C3H6O2/c1-3-5-4-2;1-3(4)5-2/h3H,1,4-5H2,2H3;1-2H3. The van der Waals surface area contributed by atoms with Crippen LogP contribution in [-0.4, -0.2) is 13.1 Å². The molecule has 2 nitrogen and oxygen atoms in total. The molecule has 0 aromatic heterocycles. The molecule has 0 saturated carbocycles. The van der Waals surface area contributed by atoms with E-state index in [1.54, 1.807) is 0 Å². The van der Waals surface area contributed by atoms with Crippen molar-refractivity contribution in [1.82, 2.24) is 0 Å². The predicted molar refractivity (Wildman–Crippen MR) is 42.8 cm³/mol. The summed E-state index contributed by atoms with van der Waals surface area (Å²) >= 11 is 0. The highest BCUT2D eigenvalue weighted by Gasteiger charge is 1.75. The van der Waals surface area contributed by atoms with Gasteiger partial charge in [0, 0.05) is 6.92 Å². The van der Waals surface area contributed by atoms with Crippen LogP contribution >= 0.6 is 0 Å². The second-order valence-corrected chi connectivity index (χ2v) is 1.77. The molecule has 0 unspecified atom stereocenters. The number of carbonyl (C=O) groups is 1. The topological polar surface area (TPSA) is 26.3 Å². The minimum absolute atomic E-state index is 0.245. The van der Waals surface area contributed by atoms with Crippen LogP contribution in [0.2, 0.25) is 0 Å². The largest absolute Gasteiger partial charge is 0.469 e. The third-order valence-electron chi connectivity index (χ3n) is 0.780. The van der Waals surface area contributed by atoms with E-state index >= 15 is 0 Å². The van der Waals surface area contributed by atoms with Gasteiger partial charge in [-0.15, -0.1) is 6.58 Å². The fourth-order valence-electron chi connectivity index (χ4n) is 0.204. The number of rotatable bonds is 2. The van der Waals surface area contributed by atoms with Crippen LogP contribution in [0.15, 0.2) is 12.7 Å². The molecule has 0 spiro atoms. The van der Waals surface area contributed by atoms with Crippen molar-refractivity contribution in [1.29, 1.82) is 0 Å². The number of unbranched alkanes of at least 4 members (excludes halogenated alkanes) is 1. The number of hydrogen-bond acceptors (Lipinski definition) is 2. The fourth-order valence-corrected chi connectivity index (χ4v) is 0.204. The van der Waals surface area contributed by atoms with E-state index < -0.39 is 0 Å². The molecular weight excluding hydrogens is 128 g/mol. The molecule has 2 heteroatoms. The van der Waals surface area contributed by atoms with Crippen molar-refractivity contribution in [3.8, 4) is 0 Å². The van der Waals surface area contributed by atoms with Gasteiger partial charge in [0.15, 0.2) is 0 Å². The third-order valence-corrected chi connectivity index (χ3v) is 0.780. The van der Waals surface area contributed by atoms with Gasteiger partial charge in [-0.05, 0) is 6.42 Å². The first-order chi connectivity index (χ1) is 4.68. The molecule has 60 valence electrons. The van der Waals surface area contributed by atoms with Crippen LogP contribution in [0.3, 0.4) is 0 Å². The van der Waals surface area contributed by atoms with Gasteiger partial charge in [0.1, 0.15) is 0 Å². The zero-order valence-corrected chi connectivity index (χ0v) is 7.02. The van der Waals surface area contributed by atoms with Gasteiger partial charge in [-0.3, -0.25) is 4.79 Å². The summed E-state index contributed by atoms with van der Waals surface area (Å²) in [6.45, 7) is 7.05. The zero-order chi connectivity index (χ0) is 8.41. The maximum absolute atomic E-state index is 9.59. The lowest BCUT2D eigenvalue weighted by Crippen LogP contribution is -1.88. The Morgan fingerprint density at radius 1 is 1.70 bits per heavy atom. The molecule has 0 aliphatic heterocycles. The molecule has 0 N–H and O–H groups in total. The van der Waals surface area contributed by atoms with Crippen LogP contribution in [0.25, 0.3) is 0 Å². The van der Waals surface area contributed by atoms with Crippen LogP contribution < -0.4 is 0 Å². The summed E-state index contributed by atoms with van der Waals surface area (Å²) in [5.74, 6) is -0.245. The Morgan fingerprint density at radius 3 is 2.10 bits per heavy atom. The van der Waals surface area contributed by atoms with E-state index in [1.165, 1.54) is 20.5 Å². The third kappa shape index (κ3) is 27.0. The highest BCUT2D eigenvalue weighted by Crippen LogP contribution is 1.82. The number of carbonyl (C=O) groups excluding carboxylic acids is 1. The first-order valence-electron chi connectivity index (χ1n) is 3.34. The van der Waals surface area contributed by atoms with E-state index in [1.807, 2.05) is 6.08 Å². The number of ether oxygens (including phenoxy) is 1. The molecule has 0 aromatic carbocycles. The van der Waals surface area contributed by atoms with Gasteiger partial charge in [0.05, 0.1) is 7.11 Å². The summed E-state index contributed by atoms with van der Waals surface area (Å²) in [5, 5.41) is 0. The monoisotopic (exact) mass is 144 g/mol. The minimum atomic E-state index is -0.245. The minimum Gasteiger partial charge on any atom is -0.469 e. The number of methoxy groups -OCH3 is 1. The Labute approximate surface area is 62.9 Å². The van der Waals surface area contributed by atoms with Crippen LogP contribution in [-0.2, 0) is 9.53 Å². The summed E-state index contributed by atoms with van der Waals surface area (Å²) in [7, 11) is 1.35. The number of allylic oxidation sites excluding steroid dienone is 1. The van der Waals surface area contributed by atoms with E-state index in [4.69, 9.17) is 0 Å². The molecule has 0 fully saturated rings. The lowest BCUT2D eigenvalue weighted by atomic mass is 10.3. The highest BCUT2D eigenvalue weighted by atomic mass is 16.5. The molecule has 0 rings (SSSR count). The Kier molecular flexibility index (Phi) is 13.2. The summed E-state index contributed by atoms with van der Waals surface area (Å²) in [4.78, 5) is 9.59. The van der Waals surface area contributed by atoms with Crippen molar-refractivity contribution in [2.24, 2.45) is 0 Å². The Balaban J connectivity index is 0. The van der Waals surface area contributed by atoms with E-state index in [-0.39, 0.29) is 5.97 Å². The quantitative estimate of drug-likeness (QED) is 0.438. The van der Waals surface area contributed by atoms with E-state index in [2.05, 4.69) is 18.2 Å². The van der Waals surface area contributed by atoms with Gasteiger partial charge < -0.3 is 4.74 Å². The summed E-state index contributed by atoms with van der Waals surface area (Å²) in [6, 6.07) is 0. The molecular formula is C8H16O2. The summed E-state index contributed by atoms with van der Waals surface area (Å²) in [6.07, 6.45) is 4.31. The highest BCUT2D eigenvalue weighted by molar-refractivity contribution is 5.65. The van der Waals surface area contributed by atoms with Gasteiger partial charge in [-0.2, -0.15) is 0 Å². The predicted octanol–water partition coefficient (Wildman–Crippen LogP) is 2.15. The van der Waals surface area contributed by atoms with Gasteiger partial charge in [-0.25, -0.2) is 0 Å². The second kappa shape index (κ2) is 11.1. The van der Waals surface area contributed by atoms with Gasteiger partial charge in [0.2, 0.25) is 0 Å². The molecule has 0 saturated heterocycles. The molecule has 0 amide bonds. The van der Waals surface area contributed by atoms with Crippen molar-refractivity contribution in [2.45, 2.75) is 26.7 Å². The smallest absolute Gasteiger partial charge is 0.302 e. The molecule has 0 aromatic rings. The van der Waals surface area contributed by atoms with E-state index in [0.29, 0.717) is 0 Å². The van der Waals surface area contributed by atoms with Crippen molar-refractivity contribution < 1.29 is 9.53 Å². The second-order valence-electron chi connectivity index (χ2n) is 1.77. The molecule has 0 heterocycles. The average Bonchev–Trinajstić information content (AvgIpc) is 1.91. The van der Waals surface area contributed by atoms with E-state index in [9.17, 15) is 4.79 Å². The fraction of sp³-hybridized carbons (Fsp3) is 0.625. The summed E-state index contributed by atoms with van der Waals surface area (Å²) in [5.41, 5.74) is 0. The van der Waals surface area contributed by atoms with Crippen molar-refractivity contribution in [3.05, 3.63) is 12.7 Å². The van der Waals surface area contributed by atoms with Crippen LogP contribution in [0.4, 0.5) is 0 Å². The maximum atomic E-state index is 9.59. The van der Waals surface area contributed by atoms with Crippen LogP contribution in [0, 0.1) is 0 Å². The zero-order valence-electron chi connectivity index (χ0n) is 7.02. The maximum Gasteiger partial charge on any atom is 0.302 e. The molecule has 0 atom stereocenters. The molecule has 0 aliphatic rings. The number of esters is 1. The van der Waals surface area contributed by atoms with E-state index in [0.717, 1.165) is 6.42 Å². The first-order valence-corrected chi connectivity index (χ1v) is 3.34. The van der Waals surface area contributed by atoms with Crippen LogP contribution in [0.5, 0.6) is 0 Å². The number of hydrogen-bond donors (Lipinski definition) is 0. The van der Waals surface area contributed by atoms with Gasteiger partial charge >= 0.3 is 5.97 Å². The normalized spacial score (nSPS) is 7.10. The Bertz CT molecular complexity index is 87.3. The Morgan fingerprint density at radius 2 is 2.10 bits per heavy atom. The van der Waals surface area contributed by atoms with Gasteiger partial charge in [-0.1, -0.05) is 19.4 Å². The average molecular weight is 144 g/mol. The van der Waals surface area contributed by atoms with Crippen molar-refractivity contribution >= 4 is 5.97 Å². The molecule has 0 radical (unpaired) electrons. The van der Waals surface area contributed by atoms with Crippen LogP contribution in [0.1, 0.15) is 26.7 Å². The molecule has 0 bridgehead atoms. The first kappa shape index (κ1) is 11.9. The molecule has 10 heavy (non-hydrogen) atoms. The molecule has 0 aliphatic carbocycles. The lowest BCUT2D eigenvalue weighted by Gasteiger charge is -1.80. The van der Waals surface area contributed by atoms with Gasteiger partial charge in [0.25, 0.3) is 0 Å². The Hall–Kier alpha value is -0.790. The lowest BCUT2D eigenvalue weighted by molar-refractivity contribution is -0.137.